The average Bonchev–Trinajstić information content (AvgIpc) is 2.03. The number of hydrogen-bond donors (Lipinski definition) is 1. The summed E-state index contributed by atoms with van der Waals surface area (Å²) < 4.78 is 6.08. The number of nitrogens with one attached hydrogen (secondary N) is 1. The third-order valence-electron chi connectivity index (χ3n) is 1.57. The van der Waals surface area contributed by atoms with Crippen molar-refractivity contribution in [3.05, 3.63) is 28.2 Å². The highest BCUT2D eigenvalue weighted by molar-refractivity contribution is 9.10. The lowest BCUT2D eigenvalue weighted by atomic mass is 10.1. The van der Waals surface area contributed by atoms with Crippen molar-refractivity contribution in [3.63, 3.8) is 0 Å². The van der Waals surface area contributed by atoms with Gasteiger partial charge in [-0.2, -0.15) is 0 Å². The van der Waals surface area contributed by atoms with Crippen molar-refractivity contribution in [3.8, 4) is 5.75 Å². The van der Waals surface area contributed by atoms with Gasteiger partial charge in [-0.3, -0.25) is 0 Å². The number of halogens is 1. The highest BCUT2D eigenvalue weighted by atomic mass is 79.9. The molecular formula is C9H10BrNO. The summed E-state index contributed by atoms with van der Waals surface area (Å²) in [6.07, 6.45) is 0. The van der Waals surface area contributed by atoms with Crippen LogP contribution in [0.2, 0.25) is 0 Å². The SMILES string of the molecule is COc1cc(Br)ccc1C(C)=N. The lowest BCUT2D eigenvalue weighted by Crippen LogP contribution is -1.96. The van der Waals surface area contributed by atoms with Crippen molar-refractivity contribution in [2.45, 2.75) is 6.92 Å². The van der Waals surface area contributed by atoms with Crippen LogP contribution in [0.5, 0.6) is 5.75 Å². The van der Waals surface area contributed by atoms with Crippen molar-refractivity contribution in [1.29, 1.82) is 5.41 Å². The largest absolute Gasteiger partial charge is 0.496 e. The maximum Gasteiger partial charge on any atom is 0.129 e. The van der Waals surface area contributed by atoms with E-state index in [1.165, 1.54) is 0 Å². The van der Waals surface area contributed by atoms with Crippen LogP contribution >= 0.6 is 15.9 Å². The number of rotatable bonds is 2. The molecule has 1 rings (SSSR count). The summed E-state index contributed by atoms with van der Waals surface area (Å²) in [4.78, 5) is 0. The molecule has 0 atom stereocenters. The smallest absolute Gasteiger partial charge is 0.129 e. The Morgan fingerprint density at radius 3 is 2.67 bits per heavy atom. The van der Waals surface area contributed by atoms with Gasteiger partial charge in [0.15, 0.2) is 0 Å². The minimum atomic E-state index is 0.513. The number of benzene rings is 1. The molecule has 3 heteroatoms. The first kappa shape index (κ1) is 9.26. The van der Waals surface area contributed by atoms with Crippen molar-refractivity contribution in [1.82, 2.24) is 0 Å². The lowest BCUT2D eigenvalue weighted by molar-refractivity contribution is 0.413. The molecule has 0 fully saturated rings. The first-order valence-corrected chi connectivity index (χ1v) is 4.33. The first-order chi connectivity index (χ1) is 5.65. The van der Waals surface area contributed by atoms with E-state index in [9.17, 15) is 0 Å². The minimum absolute atomic E-state index is 0.513. The summed E-state index contributed by atoms with van der Waals surface area (Å²) in [6.45, 7) is 1.74. The van der Waals surface area contributed by atoms with Crippen LogP contribution in [0.4, 0.5) is 0 Å². The molecule has 64 valence electrons. The summed E-state index contributed by atoms with van der Waals surface area (Å²) >= 11 is 3.34. The van der Waals surface area contributed by atoms with Gasteiger partial charge in [0, 0.05) is 15.7 Å². The number of ether oxygens (including phenoxy) is 1. The van der Waals surface area contributed by atoms with Crippen molar-refractivity contribution in [2.75, 3.05) is 7.11 Å². The molecule has 12 heavy (non-hydrogen) atoms. The molecule has 1 aromatic rings. The second-order valence-corrected chi connectivity index (χ2v) is 3.39. The average molecular weight is 228 g/mol. The van der Waals surface area contributed by atoms with Gasteiger partial charge in [-0.25, -0.2) is 0 Å². The maximum absolute atomic E-state index is 7.45. The molecule has 0 saturated carbocycles. The predicted molar refractivity (Wildman–Crippen MR) is 53.2 cm³/mol. The van der Waals surface area contributed by atoms with E-state index in [0.29, 0.717) is 5.71 Å². The monoisotopic (exact) mass is 227 g/mol. The maximum atomic E-state index is 7.45. The second-order valence-electron chi connectivity index (χ2n) is 2.47. The Hall–Kier alpha value is -0.830. The molecule has 0 aromatic heterocycles. The third kappa shape index (κ3) is 1.85. The Kier molecular flexibility index (Phi) is 2.87. The van der Waals surface area contributed by atoms with Crippen LogP contribution in [0.1, 0.15) is 12.5 Å². The molecule has 0 amide bonds. The molecule has 0 radical (unpaired) electrons. The fraction of sp³-hybridized carbons (Fsp3) is 0.222. The number of methoxy groups -OCH3 is 1. The van der Waals surface area contributed by atoms with Gasteiger partial charge in [0.1, 0.15) is 5.75 Å². The first-order valence-electron chi connectivity index (χ1n) is 3.54. The Bertz CT molecular complexity index is 309. The highest BCUT2D eigenvalue weighted by Gasteiger charge is 2.04. The zero-order chi connectivity index (χ0) is 9.14. The van der Waals surface area contributed by atoms with Gasteiger partial charge in [0.2, 0.25) is 0 Å². The van der Waals surface area contributed by atoms with Gasteiger partial charge in [-0.15, -0.1) is 0 Å². The van der Waals surface area contributed by atoms with Gasteiger partial charge >= 0.3 is 0 Å². The van der Waals surface area contributed by atoms with E-state index >= 15 is 0 Å². The lowest BCUT2D eigenvalue weighted by Gasteiger charge is -2.06. The van der Waals surface area contributed by atoms with E-state index < -0.39 is 0 Å². The zero-order valence-electron chi connectivity index (χ0n) is 7.02. The normalized spacial score (nSPS) is 9.58. The molecule has 0 unspecified atom stereocenters. The van der Waals surface area contributed by atoms with E-state index in [4.69, 9.17) is 10.1 Å². The van der Waals surface area contributed by atoms with Crippen LogP contribution < -0.4 is 4.74 Å². The zero-order valence-corrected chi connectivity index (χ0v) is 8.60. The topological polar surface area (TPSA) is 33.1 Å². The summed E-state index contributed by atoms with van der Waals surface area (Å²) in [5.74, 6) is 0.733. The van der Waals surface area contributed by atoms with Crippen LogP contribution in [0.15, 0.2) is 22.7 Å². The third-order valence-corrected chi connectivity index (χ3v) is 2.06. The van der Waals surface area contributed by atoms with Gasteiger partial charge in [0.05, 0.1) is 7.11 Å². The quantitative estimate of drug-likeness (QED) is 0.775. The summed E-state index contributed by atoms with van der Waals surface area (Å²) in [5, 5.41) is 7.45. The fourth-order valence-electron chi connectivity index (χ4n) is 0.975. The van der Waals surface area contributed by atoms with Gasteiger partial charge < -0.3 is 10.1 Å². The van der Waals surface area contributed by atoms with Gasteiger partial charge in [-0.05, 0) is 25.1 Å². The summed E-state index contributed by atoms with van der Waals surface area (Å²) in [5.41, 5.74) is 1.35. The van der Waals surface area contributed by atoms with Crippen molar-refractivity contribution < 1.29 is 4.74 Å². The van der Waals surface area contributed by atoms with Crippen LogP contribution in [-0.4, -0.2) is 12.8 Å². The summed E-state index contributed by atoms with van der Waals surface area (Å²) in [7, 11) is 1.61. The van der Waals surface area contributed by atoms with Gasteiger partial charge in [0.25, 0.3) is 0 Å². The van der Waals surface area contributed by atoms with E-state index in [-0.39, 0.29) is 0 Å². The van der Waals surface area contributed by atoms with E-state index in [0.717, 1.165) is 15.8 Å². The molecule has 0 heterocycles. The fourth-order valence-corrected chi connectivity index (χ4v) is 1.31. The summed E-state index contributed by atoms with van der Waals surface area (Å²) in [6, 6.07) is 5.62. The standard InChI is InChI=1S/C9H10BrNO/c1-6(11)8-4-3-7(10)5-9(8)12-2/h3-5,11H,1-2H3. The molecule has 0 aliphatic rings. The Morgan fingerprint density at radius 2 is 2.17 bits per heavy atom. The Labute approximate surface area is 80.2 Å². The van der Waals surface area contributed by atoms with Crippen molar-refractivity contribution in [2.24, 2.45) is 0 Å². The predicted octanol–water partition coefficient (Wildman–Crippen LogP) is 2.85. The van der Waals surface area contributed by atoms with Crippen LogP contribution in [-0.2, 0) is 0 Å². The van der Waals surface area contributed by atoms with Gasteiger partial charge in [-0.1, -0.05) is 15.9 Å². The Balaban J connectivity index is 3.20. The molecule has 0 aliphatic heterocycles. The van der Waals surface area contributed by atoms with E-state index in [1.807, 2.05) is 18.2 Å². The molecule has 1 N–H and O–H groups in total. The van der Waals surface area contributed by atoms with Crippen molar-refractivity contribution >= 4 is 21.6 Å². The molecule has 2 nitrogen and oxygen atoms in total. The van der Waals surface area contributed by atoms with Crippen LogP contribution in [0.3, 0.4) is 0 Å². The molecule has 1 aromatic carbocycles. The molecule has 0 saturated heterocycles. The molecule has 0 bridgehead atoms. The number of hydrogen-bond acceptors (Lipinski definition) is 2. The second kappa shape index (κ2) is 3.72. The molecular weight excluding hydrogens is 218 g/mol. The van der Waals surface area contributed by atoms with Crippen LogP contribution in [0.25, 0.3) is 0 Å². The van der Waals surface area contributed by atoms with Crippen LogP contribution in [0, 0.1) is 5.41 Å². The highest BCUT2D eigenvalue weighted by Crippen LogP contribution is 2.23. The molecule has 0 spiro atoms. The molecule has 0 aliphatic carbocycles. The Morgan fingerprint density at radius 1 is 1.50 bits per heavy atom. The minimum Gasteiger partial charge on any atom is -0.496 e. The van der Waals surface area contributed by atoms with E-state index in [1.54, 1.807) is 14.0 Å². The van der Waals surface area contributed by atoms with E-state index in [2.05, 4.69) is 15.9 Å².